The highest BCUT2D eigenvalue weighted by Gasteiger charge is 2.26. The summed E-state index contributed by atoms with van der Waals surface area (Å²) in [5, 5.41) is 2.43. The lowest BCUT2D eigenvalue weighted by molar-refractivity contribution is 0.413. The molecule has 4 heteroatoms. The first-order valence-electron chi connectivity index (χ1n) is 17.2. The molecule has 240 valence electrons. The number of fused-ring (bicyclic) bond motifs is 4. The Morgan fingerprint density at radius 2 is 1.16 bits per heavy atom. The van der Waals surface area contributed by atoms with E-state index < -0.39 is 0 Å². The van der Waals surface area contributed by atoms with E-state index in [9.17, 15) is 0 Å². The predicted molar refractivity (Wildman–Crippen MR) is 209 cm³/mol. The molecule has 9 rings (SSSR count). The fourth-order valence-corrected chi connectivity index (χ4v) is 7.38. The Kier molecular flexibility index (Phi) is 6.99. The zero-order valence-corrected chi connectivity index (χ0v) is 28.4. The molecular weight excluding hydrogens is 609 g/mol. The maximum absolute atomic E-state index is 5.53. The van der Waals surface area contributed by atoms with Gasteiger partial charge >= 0.3 is 0 Å². The van der Waals surface area contributed by atoms with Crippen molar-refractivity contribution in [3.05, 3.63) is 158 Å². The molecule has 9 aromatic rings. The topological polar surface area (TPSA) is 46.5 Å². The molecule has 0 saturated heterocycles. The molecule has 0 bridgehead atoms. The molecule has 1 N–H and O–H groups in total. The van der Waals surface area contributed by atoms with E-state index in [0.717, 1.165) is 72.5 Å². The van der Waals surface area contributed by atoms with Crippen molar-refractivity contribution in [2.75, 3.05) is 0 Å². The molecular formula is C46H36N4. The number of aromatic nitrogens is 4. The summed E-state index contributed by atoms with van der Waals surface area (Å²) in [4.78, 5) is 14.1. The number of para-hydroxylation sites is 3. The van der Waals surface area contributed by atoms with Crippen LogP contribution in [0, 0.1) is 0 Å². The predicted octanol–water partition coefficient (Wildman–Crippen LogP) is 12.2. The number of nitrogens with one attached hydrogen (secondary N) is 1. The lowest BCUT2D eigenvalue weighted by atomic mass is 9.93. The molecule has 0 atom stereocenters. The average molecular weight is 645 g/mol. The Bertz CT molecular complexity index is 2670. The smallest absolute Gasteiger partial charge is 0.143 e. The zero-order chi connectivity index (χ0) is 33.8. The molecule has 3 aromatic heterocycles. The van der Waals surface area contributed by atoms with Crippen molar-refractivity contribution in [3.63, 3.8) is 0 Å². The maximum Gasteiger partial charge on any atom is 0.143 e. The molecule has 0 unspecified atom stereocenters. The number of rotatable bonds is 5. The molecule has 6 aromatic carbocycles. The van der Waals surface area contributed by atoms with Gasteiger partial charge in [0.15, 0.2) is 0 Å². The van der Waals surface area contributed by atoms with E-state index in [0.29, 0.717) is 0 Å². The number of imidazole rings is 1. The largest absolute Gasteiger partial charge is 0.354 e. The first-order valence-corrected chi connectivity index (χ1v) is 17.2. The van der Waals surface area contributed by atoms with Crippen LogP contribution in [-0.2, 0) is 5.54 Å². The Morgan fingerprint density at radius 1 is 0.520 bits per heavy atom. The van der Waals surface area contributed by atoms with Crippen molar-refractivity contribution in [2.24, 2.45) is 0 Å². The van der Waals surface area contributed by atoms with Crippen molar-refractivity contribution >= 4 is 32.8 Å². The van der Waals surface area contributed by atoms with Crippen LogP contribution in [0.3, 0.4) is 0 Å². The van der Waals surface area contributed by atoms with Gasteiger partial charge in [-0.3, -0.25) is 4.98 Å². The summed E-state index contributed by atoms with van der Waals surface area (Å²) < 4.78 is 2.40. The van der Waals surface area contributed by atoms with E-state index in [1.165, 1.54) is 16.3 Å². The van der Waals surface area contributed by atoms with Crippen molar-refractivity contribution in [2.45, 2.75) is 26.3 Å². The Hall–Kier alpha value is -6.26. The Morgan fingerprint density at radius 3 is 1.94 bits per heavy atom. The third-order valence-electron chi connectivity index (χ3n) is 9.65. The zero-order valence-electron chi connectivity index (χ0n) is 28.4. The van der Waals surface area contributed by atoms with Gasteiger partial charge in [0.25, 0.3) is 0 Å². The first-order chi connectivity index (χ1) is 24.4. The fourth-order valence-electron chi connectivity index (χ4n) is 7.38. The highest BCUT2D eigenvalue weighted by atomic mass is 15.1. The number of H-pyrrole nitrogens is 1. The van der Waals surface area contributed by atoms with Crippen LogP contribution in [0.5, 0.6) is 0 Å². The maximum atomic E-state index is 5.53. The second-order valence-electron chi connectivity index (χ2n) is 14.0. The molecule has 0 aliphatic carbocycles. The molecule has 4 nitrogen and oxygen atoms in total. The molecule has 3 heterocycles. The number of aromatic amines is 1. The normalized spacial score (nSPS) is 11.9. The van der Waals surface area contributed by atoms with E-state index in [1.54, 1.807) is 0 Å². The SMILES string of the molecule is CC(C)(C)n1c(-c2cccc3c2[nH]c2ccccc23)nc2c(-c3cc(-c4ccccc4)cc(-c4cc(-c5ccccc5)ccn4)c3)cccc21. The lowest BCUT2D eigenvalue weighted by Crippen LogP contribution is -2.22. The van der Waals surface area contributed by atoms with Gasteiger partial charge in [0, 0.05) is 44.7 Å². The van der Waals surface area contributed by atoms with E-state index in [4.69, 9.17) is 9.97 Å². The minimum absolute atomic E-state index is 0.226. The van der Waals surface area contributed by atoms with E-state index in [-0.39, 0.29) is 5.54 Å². The lowest BCUT2D eigenvalue weighted by Gasteiger charge is -2.25. The minimum Gasteiger partial charge on any atom is -0.354 e. The highest BCUT2D eigenvalue weighted by Crippen LogP contribution is 2.41. The van der Waals surface area contributed by atoms with Crippen molar-refractivity contribution < 1.29 is 0 Å². The highest BCUT2D eigenvalue weighted by molar-refractivity contribution is 6.12. The van der Waals surface area contributed by atoms with Crippen LogP contribution < -0.4 is 0 Å². The van der Waals surface area contributed by atoms with E-state index in [2.05, 4.69) is 182 Å². The van der Waals surface area contributed by atoms with Crippen molar-refractivity contribution in [3.8, 4) is 56.0 Å². The summed E-state index contributed by atoms with van der Waals surface area (Å²) in [5.74, 6) is 0.953. The Labute approximate surface area is 291 Å². The molecule has 0 fully saturated rings. The van der Waals surface area contributed by atoms with Crippen LogP contribution >= 0.6 is 0 Å². The summed E-state index contributed by atoms with van der Waals surface area (Å²) in [7, 11) is 0. The van der Waals surface area contributed by atoms with Gasteiger partial charge in [-0.05, 0) is 97.1 Å². The fraction of sp³-hybridized carbons (Fsp3) is 0.0870. The van der Waals surface area contributed by atoms with E-state index >= 15 is 0 Å². The summed E-state index contributed by atoms with van der Waals surface area (Å²) in [6.45, 7) is 6.78. The molecule has 50 heavy (non-hydrogen) atoms. The molecule has 0 spiro atoms. The number of hydrogen-bond acceptors (Lipinski definition) is 2. The van der Waals surface area contributed by atoms with Gasteiger partial charge in [-0.15, -0.1) is 0 Å². The van der Waals surface area contributed by atoms with Gasteiger partial charge in [0.1, 0.15) is 5.82 Å². The molecule has 0 aliphatic rings. The van der Waals surface area contributed by atoms with Crippen LogP contribution in [0.25, 0.3) is 88.9 Å². The van der Waals surface area contributed by atoms with Crippen molar-refractivity contribution in [1.82, 2.24) is 19.5 Å². The number of pyridine rings is 1. The minimum atomic E-state index is -0.226. The number of benzene rings is 6. The van der Waals surface area contributed by atoms with Gasteiger partial charge in [-0.1, -0.05) is 103 Å². The third kappa shape index (κ3) is 5.08. The summed E-state index contributed by atoms with van der Waals surface area (Å²) in [5.41, 5.74) is 14.0. The molecule has 0 radical (unpaired) electrons. The van der Waals surface area contributed by atoms with Gasteiger partial charge in [-0.25, -0.2) is 4.98 Å². The number of hydrogen-bond donors (Lipinski definition) is 1. The van der Waals surface area contributed by atoms with Crippen LogP contribution in [0.1, 0.15) is 20.8 Å². The monoisotopic (exact) mass is 644 g/mol. The van der Waals surface area contributed by atoms with Crippen molar-refractivity contribution in [1.29, 1.82) is 0 Å². The standard InChI is InChI=1S/C46H36N4/c1-46(2,3)50-42-23-13-19-36(44(42)49-45(50)39-21-12-20-38-37-18-10-11-22-40(37)48-43(38)39)34-26-33(31-16-8-5-9-17-31)27-35(28-34)41-29-32(24-25-47-41)30-14-6-4-7-15-30/h4-29,48H,1-3H3. The van der Waals surface area contributed by atoms with E-state index in [1.807, 2.05) is 6.20 Å². The van der Waals surface area contributed by atoms with Crippen LogP contribution in [0.2, 0.25) is 0 Å². The third-order valence-corrected chi connectivity index (χ3v) is 9.65. The second kappa shape index (κ2) is 11.7. The summed E-state index contributed by atoms with van der Waals surface area (Å²) >= 11 is 0. The molecule has 0 aliphatic heterocycles. The quantitative estimate of drug-likeness (QED) is 0.203. The summed E-state index contributed by atoms with van der Waals surface area (Å²) in [6.07, 6.45) is 1.91. The van der Waals surface area contributed by atoms with Gasteiger partial charge in [0.2, 0.25) is 0 Å². The van der Waals surface area contributed by atoms with Gasteiger partial charge in [-0.2, -0.15) is 0 Å². The van der Waals surface area contributed by atoms with Crippen LogP contribution in [0.15, 0.2) is 158 Å². The van der Waals surface area contributed by atoms with Crippen LogP contribution in [-0.4, -0.2) is 19.5 Å². The molecule has 0 amide bonds. The number of nitrogens with zero attached hydrogens (tertiary/aromatic N) is 3. The van der Waals surface area contributed by atoms with Gasteiger partial charge < -0.3 is 9.55 Å². The molecule has 0 saturated carbocycles. The van der Waals surface area contributed by atoms with Gasteiger partial charge in [0.05, 0.1) is 22.2 Å². The van der Waals surface area contributed by atoms with Crippen LogP contribution in [0.4, 0.5) is 0 Å². The average Bonchev–Trinajstić information content (AvgIpc) is 3.75. The first kappa shape index (κ1) is 29.8. The Balaban J connectivity index is 1.28. The second-order valence-corrected chi connectivity index (χ2v) is 14.0. The summed E-state index contributed by atoms with van der Waals surface area (Å²) in [6, 6.07) is 53.8.